The van der Waals surface area contributed by atoms with Crippen LogP contribution in [0.25, 0.3) is 0 Å². The Hall–Kier alpha value is -3.50. The SMILES string of the molecule is O=C(NCc1cccnc1)Nc1ccc(S(=O)(=O)c2ccc(N3CCCN3)c(F)c2)cc1. The van der Waals surface area contributed by atoms with Crippen molar-refractivity contribution < 1.29 is 17.6 Å². The van der Waals surface area contributed by atoms with Gasteiger partial charge in [0.05, 0.1) is 15.5 Å². The van der Waals surface area contributed by atoms with Gasteiger partial charge in [-0.3, -0.25) is 4.98 Å². The number of sulfone groups is 1. The highest BCUT2D eigenvalue weighted by Gasteiger charge is 2.22. The lowest BCUT2D eigenvalue weighted by atomic mass is 10.3. The van der Waals surface area contributed by atoms with E-state index in [-0.39, 0.29) is 9.79 Å². The largest absolute Gasteiger partial charge is 0.334 e. The minimum Gasteiger partial charge on any atom is -0.334 e. The van der Waals surface area contributed by atoms with E-state index in [9.17, 15) is 17.6 Å². The molecule has 166 valence electrons. The fraction of sp³-hybridized carbons (Fsp3) is 0.182. The van der Waals surface area contributed by atoms with Crippen LogP contribution in [0, 0.1) is 5.82 Å². The Bertz CT molecular complexity index is 1200. The second-order valence-electron chi connectivity index (χ2n) is 7.22. The maximum Gasteiger partial charge on any atom is 0.319 e. The Morgan fingerprint density at radius 1 is 1.12 bits per heavy atom. The second-order valence-corrected chi connectivity index (χ2v) is 9.17. The number of anilines is 2. The molecule has 2 heterocycles. The van der Waals surface area contributed by atoms with E-state index in [0.717, 1.165) is 24.6 Å². The van der Waals surface area contributed by atoms with Crippen LogP contribution < -0.4 is 21.1 Å². The quantitative estimate of drug-likeness (QED) is 0.528. The molecule has 3 aromatic rings. The molecule has 3 N–H and O–H groups in total. The highest BCUT2D eigenvalue weighted by Crippen LogP contribution is 2.27. The summed E-state index contributed by atoms with van der Waals surface area (Å²) in [6, 6.07) is 12.8. The lowest BCUT2D eigenvalue weighted by molar-refractivity contribution is 0.251. The van der Waals surface area contributed by atoms with Gasteiger partial charge in [-0.15, -0.1) is 0 Å². The van der Waals surface area contributed by atoms with Crippen molar-refractivity contribution in [3.63, 3.8) is 0 Å². The lowest BCUT2D eigenvalue weighted by Gasteiger charge is -2.19. The van der Waals surface area contributed by atoms with Gasteiger partial charge in [0.2, 0.25) is 9.84 Å². The van der Waals surface area contributed by atoms with Crippen LogP contribution in [0.3, 0.4) is 0 Å². The number of hydrogen-bond acceptors (Lipinski definition) is 6. The molecule has 1 fully saturated rings. The molecular weight excluding hydrogens is 433 g/mol. The molecule has 0 aliphatic carbocycles. The van der Waals surface area contributed by atoms with Gasteiger partial charge in [-0.1, -0.05) is 6.07 Å². The number of pyridine rings is 1. The third-order valence-corrected chi connectivity index (χ3v) is 6.75. The number of urea groups is 1. The van der Waals surface area contributed by atoms with Crippen LogP contribution in [0.1, 0.15) is 12.0 Å². The minimum absolute atomic E-state index is 0.00488. The molecule has 0 atom stereocenters. The van der Waals surface area contributed by atoms with E-state index in [2.05, 4.69) is 21.0 Å². The molecule has 1 saturated heterocycles. The van der Waals surface area contributed by atoms with E-state index in [0.29, 0.717) is 24.5 Å². The summed E-state index contributed by atoms with van der Waals surface area (Å²) in [7, 11) is -3.91. The van der Waals surface area contributed by atoms with E-state index in [4.69, 9.17) is 0 Å². The number of rotatable bonds is 6. The minimum atomic E-state index is -3.91. The summed E-state index contributed by atoms with van der Waals surface area (Å²) in [5.41, 5.74) is 4.64. The van der Waals surface area contributed by atoms with E-state index in [1.54, 1.807) is 23.5 Å². The highest BCUT2D eigenvalue weighted by molar-refractivity contribution is 7.91. The van der Waals surface area contributed by atoms with Crippen molar-refractivity contribution in [2.75, 3.05) is 23.4 Å². The van der Waals surface area contributed by atoms with Crippen molar-refractivity contribution in [2.24, 2.45) is 0 Å². The van der Waals surface area contributed by atoms with Crippen LogP contribution in [0.5, 0.6) is 0 Å². The average molecular weight is 456 g/mol. The van der Waals surface area contributed by atoms with E-state index in [1.165, 1.54) is 36.4 Å². The Morgan fingerprint density at radius 2 is 1.91 bits per heavy atom. The molecule has 2 amide bonds. The monoisotopic (exact) mass is 455 g/mol. The van der Waals surface area contributed by atoms with Crippen molar-refractivity contribution in [1.29, 1.82) is 0 Å². The van der Waals surface area contributed by atoms with E-state index < -0.39 is 21.7 Å². The van der Waals surface area contributed by atoms with Crippen molar-refractivity contribution in [3.05, 3.63) is 78.4 Å². The first-order valence-electron chi connectivity index (χ1n) is 10.0. The molecule has 0 unspecified atom stereocenters. The van der Waals surface area contributed by atoms with Gasteiger partial charge in [0.1, 0.15) is 5.82 Å². The summed E-state index contributed by atoms with van der Waals surface area (Å²) in [6.07, 6.45) is 4.19. The molecule has 8 nitrogen and oxygen atoms in total. The number of amides is 2. The van der Waals surface area contributed by atoms with Gasteiger partial charge in [-0.2, -0.15) is 0 Å². The summed E-state index contributed by atoms with van der Waals surface area (Å²) in [5.74, 6) is -0.607. The number of hydrogen-bond donors (Lipinski definition) is 3. The molecule has 2 aromatic carbocycles. The predicted molar refractivity (Wildman–Crippen MR) is 118 cm³/mol. The number of benzene rings is 2. The molecule has 0 radical (unpaired) electrons. The van der Waals surface area contributed by atoms with Crippen LogP contribution in [0.2, 0.25) is 0 Å². The molecule has 0 spiro atoms. The van der Waals surface area contributed by atoms with E-state index >= 15 is 0 Å². The number of nitrogens with zero attached hydrogens (tertiary/aromatic N) is 2. The van der Waals surface area contributed by atoms with Crippen molar-refractivity contribution in [2.45, 2.75) is 22.8 Å². The molecule has 4 rings (SSSR count). The Labute approximate surface area is 185 Å². The number of carbonyl (C=O) groups is 1. The normalized spacial score (nSPS) is 13.7. The third kappa shape index (κ3) is 4.87. The van der Waals surface area contributed by atoms with Crippen LogP contribution in [0.4, 0.5) is 20.6 Å². The fourth-order valence-electron chi connectivity index (χ4n) is 3.32. The summed E-state index contributed by atoms with van der Waals surface area (Å²) < 4.78 is 40.4. The standard InChI is InChI=1S/C22H22FN5O3S/c23-20-13-19(8-9-21(20)28-12-2-11-26-28)32(30,31)18-6-4-17(5-7-18)27-22(29)25-15-16-3-1-10-24-14-16/h1,3-10,13-14,26H,2,11-12,15H2,(H2,25,27,29). The van der Waals surface area contributed by atoms with Crippen LogP contribution in [-0.2, 0) is 16.4 Å². The van der Waals surface area contributed by atoms with E-state index in [1.807, 2.05) is 6.07 Å². The third-order valence-electron chi connectivity index (χ3n) is 4.98. The van der Waals surface area contributed by atoms with Crippen LogP contribution >= 0.6 is 0 Å². The second kappa shape index (κ2) is 9.33. The van der Waals surface area contributed by atoms with Crippen molar-refractivity contribution >= 4 is 27.2 Å². The average Bonchev–Trinajstić information content (AvgIpc) is 3.33. The van der Waals surface area contributed by atoms with Crippen LogP contribution in [0.15, 0.2) is 76.8 Å². The molecule has 10 heteroatoms. The van der Waals surface area contributed by atoms with Crippen molar-refractivity contribution in [1.82, 2.24) is 15.7 Å². The van der Waals surface area contributed by atoms with Gasteiger partial charge in [0, 0.05) is 37.7 Å². The first kappa shape index (κ1) is 21.7. The van der Waals surface area contributed by atoms with Gasteiger partial charge in [-0.25, -0.2) is 23.0 Å². The first-order valence-corrected chi connectivity index (χ1v) is 11.5. The molecule has 32 heavy (non-hydrogen) atoms. The number of halogens is 1. The Morgan fingerprint density at radius 3 is 2.56 bits per heavy atom. The summed E-state index contributed by atoms with van der Waals surface area (Å²) in [5, 5.41) is 7.01. The Balaban J connectivity index is 1.42. The topological polar surface area (TPSA) is 103 Å². The highest BCUT2D eigenvalue weighted by atomic mass is 32.2. The van der Waals surface area contributed by atoms with Crippen molar-refractivity contribution in [3.8, 4) is 0 Å². The van der Waals surface area contributed by atoms with Crippen LogP contribution in [-0.4, -0.2) is 32.5 Å². The van der Waals surface area contributed by atoms with Gasteiger partial charge in [0.25, 0.3) is 0 Å². The van der Waals surface area contributed by atoms with Gasteiger partial charge >= 0.3 is 6.03 Å². The maximum absolute atomic E-state index is 14.5. The molecule has 1 aliphatic heterocycles. The molecule has 0 saturated carbocycles. The number of hydrazine groups is 1. The van der Waals surface area contributed by atoms with Gasteiger partial charge in [-0.05, 0) is 60.5 Å². The predicted octanol–water partition coefficient (Wildman–Crippen LogP) is 3.09. The maximum atomic E-state index is 14.5. The molecule has 1 aliphatic rings. The molecule has 1 aromatic heterocycles. The lowest BCUT2D eigenvalue weighted by Crippen LogP contribution is -2.31. The van der Waals surface area contributed by atoms with Gasteiger partial charge in [0.15, 0.2) is 0 Å². The summed E-state index contributed by atoms with van der Waals surface area (Å²) >= 11 is 0. The smallest absolute Gasteiger partial charge is 0.319 e. The first-order chi connectivity index (χ1) is 15.4. The Kier molecular flexibility index (Phi) is 6.33. The number of carbonyl (C=O) groups excluding carboxylic acids is 1. The van der Waals surface area contributed by atoms with Gasteiger partial charge < -0.3 is 15.6 Å². The number of aromatic nitrogens is 1. The number of nitrogens with one attached hydrogen (secondary N) is 3. The zero-order valence-corrected chi connectivity index (χ0v) is 17.9. The molecular formula is C22H22FN5O3S. The molecule has 0 bridgehead atoms. The summed E-state index contributed by atoms with van der Waals surface area (Å²) in [4.78, 5) is 15.9. The fourth-order valence-corrected chi connectivity index (χ4v) is 4.60. The zero-order chi connectivity index (χ0) is 22.6. The summed E-state index contributed by atoms with van der Waals surface area (Å²) in [6.45, 7) is 1.72. The zero-order valence-electron chi connectivity index (χ0n) is 17.1.